The molecule has 0 saturated heterocycles. The third-order valence-corrected chi connectivity index (χ3v) is 2.54. The van der Waals surface area contributed by atoms with E-state index in [9.17, 15) is 4.79 Å². The molecule has 0 aromatic rings. The Labute approximate surface area is 104 Å². The minimum atomic E-state index is -0.939. The molecule has 0 heterocycles. The summed E-state index contributed by atoms with van der Waals surface area (Å²) in [5.41, 5.74) is 0. The zero-order chi connectivity index (χ0) is 13.1. The van der Waals surface area contributed by atoms with Gasteiger partial charge in [0, 0.05) is 0 Å². The lowest BCUT2D eigenvalue weighted by atomic mass is 10.0. The Kier molecular flexibility index (Phi) is 10.2. The normalized spacial score (nSPS) is 12.9. The van der Waals surface area contributed by atoms with Crippen LogP contribution in [0.1, 0.15) is 59.3 Å². The lowest BCUT2D eigenvalue weighted by Gasteiger charge is -2.12. The fourth-order valence-electron chi connectivity index (χ4n) is 1.43. The number of carboxylic acids is 1. The Balaban J connectivity index is 3.64. The molecule has 0 rings (SSSR count). The number of carboxylic acid groups (broad SMARTS) is 1. The van der Waals surface area contributed by atoms with E-state index < -0.39 is 12.1 Å². The van der Waals surface area contributed by atoms with Gasteiger partial charge in [0.15, 0.2) is 6.10 Å². The van der Waals surface area contributed by atoms with Crippen molar-refractivity contribution in [2.45, 2.75) is 65.4 Å². The molecule has 1 atom stereocenters. The van der Waals surface area contributed by atoms with Gasteiger partial charge in [0.1, 0.15) is 0 Å². The molecule has 0 bridgehead atoms. The molecule has 0 spiro atoms. The van der Waals surface area contributed by atoms with Crippen molar-refractivity contribution in [2.75, 3.05) is 6.61 Å². The second-order valence-corrected chi connectivity index (χ2v) is 4.78. The molecular formula is C13H26O4. The van der Waals surface area contributed by atoms with Gasteiger partial charge in [-0.1, -0.05) is 46.5 Å². The quantitative estimate of drug-likeness (QED) is 0.345. The lowest BCUT2D eigenvalue weighted by molar-refractivity contribution is -0.321. The van der Waals surface area contributed by atoms with Gasteiger partial charge in [0.2, 0.25) is 0 Å². The van der Waals surface area contributed by atoms with Crippen LogP contribution in [0.2, 0.25) is 0 Å². The topological polar surface area (TPSA) is 55.8 Å². The van der Waals surface area contributed by atoms with E-state index in [-0.39, 0.29) is 0 Å². The third kappa shape index (κ3) is 10.3. The Bertz CT molecular complexity index is 192. The van der Waals surface area contributed by atoms with Crippen LogP contribution in [0.5, 0.6) is 0 Å². The molecule has 0 saturated carbocycles. The number of unbranched alkanes of at least 4 members (excludes halogenated alkanes) is 2. The van der Waals surface area contributed by atoms with Crippen molar-refractivity contribution in [3.63, 3.8) is 0 Å². The fourth-order valence-corrected chi connectivity index (χ4v) is 1.43. The standard InChI is InChI=1S/C13H26O4/c1-4-5-10-16-17-12(13(14)15)9-7-6-8-11(2)3/h11-12H,4-10H2,1-3H3,(H,14,15). The van der Waals surface area contributed by atoms with E-state index in [0.29, 0.717) is 18.9 Å². The van der Waals surface area contributed by atoms with Gasteiger partial charge in [-0.2, -0.15) is 0 Å². The van der Waals surface area contributed by atoms with E-state index in [1.807, 2.05) is 6.92 Å². The summed E-state index contributed by atoms with van der Waals surface area (Å²) < 4.78 is 0. The first-order valence-corrected chi connectivity index (χ1v) is 6.59. The van der Waals surface area contributed by atoms with Crippen LogP contribution in [0.15, 0.2) is 0 Å². The molecule has 0 aliphatic heterocycles. The molecule has 0 fully saturated rings. The van der Waals surface area contributed by atoms with Crippen molar-refractivity contribution in [3.05, 3.63) is 0 Å². The molecular weight excluding hydrogens is 220 g/mol. The molecule has 0 aliphatic rings. The maximum absolute atomic E-state index is 10.9. The largest absolute Gasteiger partial charge is 0.479 e. The van der Waals surface area contributed by atoms with Gasteiger partial charge < -0.3 is 5.11 Å². The molecule has 0 radical (unpaired) electrons. The molecule has 4 nitrogen and oxygen atoms in total. The molecule has 17 heavy (non-hydrogen) atoms. The van der Waals surface area contributed by atoms with Crippen molar-refractivity contribution >= 4 is 5.97 Å². The number of hydrogen-bond acceptors (Lipinski definition) is 3. The maximum Gasteiger partial charge on any atom is 0.336 e. The molecule has 1 unspecified atom stereocenters. The summed E-state index contributed by atoms with van der Waals surface area (Å²) in [6.07, 6.45) is 4.64. The van der Waals surface area contributed by atoms with E-state index in [2.05, 4.69) is 13.8 Å². The lowest BCUT2D eigenvalue weighted by Crippen LogP contribution is -2.24. The summed E-state index contributed by atoms with van der Waals surface area (Å²) in [5, 5.41) is 8.93. The fraction of sp³-hybridized carbons (Fsp3) is 0.923. The minimum Gasteiger partial charge on any atom is -0.479 e. The minimum absolute atomic E-state index is 0.465. The Morgan fingerprint density at radius 2 is 1.82 bits per heavy atom. The Hall–Kier alpha value is -0.610. The summed E-state index contributed by atoms with van der Waals surface area (Å²) in [4.78, 5) is 20.7. The smallest absolute Gasteiger partial charge is 0.336 e. The second kappa shape index (κ2) is 10.5. The number of aliphatic carboxylic acids is 1. The van der Waals surface area contributed by atoms with E-state index in [1.165, 1.54) is 0 Å². The van der Waals surface area contributed by atoms with Crippen LogP contribution in [0.4, 0.5) is 0 Å². The zero-order valence-electron chi connectivity index (χ0n) is 11.3. The SMILES string of the molecule is CCCCOOC(CCCCC(C)C)C(=O)O. The highest BCUT2D eigenvalue weighted by Gasteiger charge is 2.18. The molecule has 4 heteroatoms. The summed E-state index contributed by atoms with van der Waals surface area (Å²) in [6, 6.07) is 0. The van der Waals surface area contributed by atoms with Gasteiger partial charge in [-0.05, 0) is 18.8 Å². The summed E-state index contributed by atoms with van der Waals surface area (Å²) in [5.74, 6) is -0.272. The molecule has 1 N–H and O–H groups in total. The maximum atomic E-state index is 10.9. The van der Waals surface area contributed by atoms with Gasteiger partial charge in [0.25, 0.3) is 0 Å². The van der Waals surface area contributed by atoms with Crippen molar-refractivity contribution < 1.29 is 19.7 Å². The zero-order valence-corrected chi connectivity index (χ0v) is 11.3. The first kappa shape index (κ1) is 16.4. The van der Waals surface area contributed by atoms with E-state index in [0.717, 1.165) is 32.1 Å². The molecule has 0 aromatic heterocycles. The highest BCUT2D eigenvalue weighted by Crippen LogP contribution is 2.12. The van der Waals surface area contributed by atoms with Gasteiger partial charge in [-0.15, -0.1) is 0 Å². The van der Waals surface area contributed by atoms with Crippen LogP contribution in [0.25, 0.3) is 0 Å². The Morgan fingerprint density at radius 3 is 2.35 bits per heavy atom. The van der Waals surface area contributed by atoms with E-state index in [4.69, 9.17) is 14.9 Å². The average Bonchev–Trinajstić information content (AvgIpc) is 2.26. The predicted molar refractivity (Wildman–Crippen MR) is 66.7 cm³/mol. The van der Waals surface area contributed by atoms with Crippen molar-refractivity contribution in [1.82, 2.24) is 0 Å². The summed E-state index contributed by atoms with van der Waals surface area (Å²) >= 11 is 0. The van der Waals surface area contributed by atoms with Gasteiger partial charge in [-0.25, -0.2) is 14.6 Å². The monoisotopic (exact) mass is 246 g/mol. The van der Waals surface area contributed by atoms with E-state index in [1.54, 1.807) is 0 Å². The first-order valence-electron chi connectivity index (χ1n) is 6.59. The third-order valence-electron chi connectivity index (χ3n) is 2.54. The summed E-state index contributed by atoms with van der Waals surface area (Å²) in [7, 11) is 0. The van der Waals surface area contributed by atoms with E-state index >= 15 is 0 Å². The van der Waals surface area contributed by atoms with Crippen LogP contribution < -0.4 is 0 Å². The van der Waals surface area contributed by atoms with Crippen LogP contribution >= 0.6 is 0 Å². The molecule has 0 aliphatic carbocycles. The van der Waals surface area contributed by atoms with Crippen LogP contribution in [0.3, 0.4) is 0 Å². The van der Waals surface area contributed by atoms with Crippen LogP contribution in [-0.4, -0.2) is 23.8 Å². The molecule has 0 aromatic carbocycles. The number of rotatable bonds is 11. The van der Waals surface area contributed by atoms with Crippen molar-refractivity contribution in [1.29, 1.82) is 0 Å². The summed E-state index contributed by atoms with van der Waals surface area (Å²) in [6.45, 7) is 6.84. The Morgan fingerprint density at radius 1 is 1.18 bits per heavy atom. The van der Waals surface area contributed by atoms with Gasteiger partial charge in [-0.3, -0.25) is 0 Å². The number of hydrogen-bond donors (Lipinski definition) is 1. The second-order valence-electron chi connectivity index (χ2n) is 4.78. The van der Waals surface area contributed by atoms with Gasteiger partial charge >= 0.3 is 5.97 Å². The van der Waals surface area contributed by atoms with Crippen LogP contribution in [0, 0.1) is 5.92 Å². The molecule has 102 valence electrons. The molecule has 0 amide bonds. The van der Waals surface area contributed by atoms with Gasteiger partial charge in [0.05, 0.1) is 6.61 Å². The van der Waals surface area contributed by atoms with Crippen molar-refractivity contribution in [2.24, 2.45) is 5.92 Å². The predicted octanol–water partition coefficient (Wildman–Crippen LogP) is 3.40. The first-order chi connectivity index (χ1) is 8.07. The van der Waals surface area contributed by atoms with Crippen LogP contribution in [-0.2, 0) is 14.6 Å². The average molecular weight is 246 g/mol. The number of carbonyl (C=O) groups is 1. The van der Waals surface area contributed by atoms with Crippen molar-refractivity contribution in [3.8, 4) is 0 Å². The highest BCUT2D eigenvalue weighted by molar-refractivity contribution is 5.72. The highest BCUT2D eigenvalue weighted by atomic mass is 17.2.